The van der Waals surface area contributed by atoms with Crippen LogP contribution >= 0.6 is 11.6 Å². The van der Waals surface area contributed by atoms with Gasteiger partial charge in [0, 0.05) is 5.02 Å². The van der Waals surface area contributed by atoms with E-state index in [9.17, 15) is 26.4 Å². The van der Waals surface area contributed by atoms with E-state index in [2.05, 4.69) is 5.32 Å². The average molecular weight is 497 g/mol. The summed E-state index contributed by atoms with van der Waals surface area (Å²) in [4.78, 5) is 12.7. The lowest BCUT2D eigenvalue weighted by molar-refractivity contribution is -0.137. The number of sulfonamides is 1. The molecule has 0 atom stereocenters. The number of carbonyl (C=O) groups excluding carboxylic acids is 1. The first-order valence-corrected chi connectivity index (χ1v) is 11.5. The molecule has 0 bridgehead atoms. The van der Waals surface area contributed by atoms with Crippen molar-refractivity contribution in [3.05, 3.63) is 88.4 Å². The van der Waals surface area contributed by atoms with Gasteiger partial charge >= 0.3 is 6.18 Å². The number of benzene rings is 3. The third kappa shape index (κ3) is 5.85. The third-order valence-corrected chi connectivity index (χ3v) is 6.77. The summed E-state index contributed by atoms with van der Waals surface area (Å²) in [5.74, 6) is -0.944. The minimum absolute atomic E-state index is 0.0510. The molecule has 0 saturated carbocycles. The number of halogens is 4. The number of hydrogen-bond donors (Lipinski definition) is 1. The van der Waals surface area contributed by atoms with E-state index in [1.165, 1.54) is 24.3 Å². The standard InChI is InChI=1S/C23H20ClF3N2O3S/c1-15-6-9-19(10-7-15)33(31,32)29(18-5-3-4-16(2)12-18)14-22(30)28-21-11-8-17(24)13-20(21)23(25,26)27/h3-13H,14H2,1-2H3,(H,28,30). The van der Waals surface area contributed by atoms with Crippen molar-refractivity contribution in [1.29, 1.82) is 0 Å². The van der Waals surface area contributed by atoms with Crippen LogP contribution in [0.2, 0.25) is 5.02 Å². The molecule has 10 heteroatoms. The molecule has 174 valence electrons. The molecule has 0 heterocycles. The van der Waals surface area contributed by atoms with Crippen LogP contribution in [-0.2, 0) is 21.0 Å². The molecule has 0 aliphatic carbocycles. The van der Waals surface area contributed by atoms with E-state index in [-0.39, 0.29) is 15.6 Å². The van der Waals surface area contributed by atoms with Crippen molar-refractivity contribution in [3.63, 3.8) is 0 Å². The number of alkyl halides is 3. The number of aryl methyl sites for hydroxylation is 2. The van der Waals surface area contributed by atoms with Crippen LogP contribution in [0.4, 0.5) is 24.5 Å². The van der Waals surface area contributed by atoms with Gasteiger partial charge in [0.05, 0.1) is 21.8 Å². The predicted molar refractivity (Wildman–Crippen MR) is 122 cm³/mol. The van der Waals surface area contributed by atoms with Crippen molar-refractivity contribution < 1.29 is 26.4 Å². The topological polar surface area (TPSA) is 66.5 Å². The molecular weight excluding hydrogens is 477 g/mol. The highest BCUT2D eigenvalue weighted by atomic mass is 35.5. The molecule has 0 aromatic heterocycles. The minimum Gasteiger partial charge on any atom is -0.324 e. The van der Waals surface area contributed by atoms with Crippen LogP contribution in [-0.4, -0.2) is 20.9 Å². The highest BCUT2D eigenvalue weighted by molar-refractivity contribution is 7.92. The normalized spacial score (nSPS) is 11.8. The Labute approximate surface area is 194 Å². The second-order valence-electron chi connectivity index (χ2n) is 7.40. The fourth-order valence-electron chi connectivity index (χ4n) is 3.12. The van der Waals surface area contributed by atoms with E-state index in [4.69, 9.17) is 11.6 Å². The largest absolute Gasteiger partial charge is 0.418 e. The lowest BCUT2D eigenvalue weighted by Gasteiger charge is -2.25. The van der Waals surface area contributed by atoms with Gasteiger partial charge in [-0.3, -0.25) is 9.10 Å². The Bertz CT molecular complexity index is 1280. The predicted octanol–water partition coefficient (Wildman–Crippen LogP) is 5.81. The summed E-state index contributed by atoms with van der Waals surface area (Å²) in [5.41, 5.74) is 0.142. The quantitative estimate of drug-likeness (QED) is 0.468. The summed E-state index contributed by atoms with van der Waals surface area (Å²) >= 11 is 5.68. The van der Waals surface area contributed by atoms with Crippen LogP contribution in [0.25, 0.3) is 0 Å². The third-order valence-electron chi connectivity index (χ3n) is 4.75. The van der Waals surface area contributed by atoms with Crippen LogP contribution < -0.4 is 9.62 Å². The summed E-state index contributed by atoms with van der Waals surface area (Å²) in [6, 6.07) is 15.4. The van der Waals surface area contributed by atoms with Gasteiger partial charge in [0.15, 0.2) is 0 Å². The fourth-order valence-corrected chi connectivity index (χ4v) is 4.70. The van der Waals surface area contributed by atoms with Crippen molar-refractivity contribution in [2.75, 3.05) is 16.2 Å². The maximum Gasteiger partial charge on any atom is 0.418 e. The summed E-state index contributed by atoms with van der Waals surface area (Å²) in [7, 11) is -4.19. The number of carbonyl (C=O) groups is 1. The first-order valence-electron chi connectivity index (χ1n) is 9.70. The van der Waals surface area contributed by atoms with Crippen molar-refractivity contribution in [3.8, 4) is 0 Å². The summed E-state index contributed by atoms with van der Waals surface area (Å²) in [5, 5.41) is 2.02. The Balaban J connectivity index is 1.98. The molecule has 0 unspecified atom stereocenters. The van der Waals surface area contributed by atoms with Gasteiger partial charge in [0.25, 0.3) is 10.0 Å². The van der Waals surface area contributed by atoms with Gasteiger partial charge in [-0.25, -0.2) is 8.42 Å². The number of anilines is 2. The highest BCUT2D eigenvalue weighted by Gasteiger charge is 2.35. The first-order chi connectivity index (χ1) is 15.4. The van der Waals surface area contributed by atoms with Crippen LogP contribution in [0.1, 0.15) is 16.7 Å². The molecule has 1 amide bonds. The summed E-state index contributed by atoms with van der Waals surface area (Å²) < 4.78 is 67.7. The number of nitrogens with one attached hydrogen (secondary N) is 1. The number of rotatable bonds is 6. The van der Waals surface area contributed by atoms with Crippen molar-refractivity contribution in [2.45, 2.75) is 24.9 Å². The molecule has 3 aromatic carbocycles. The first kappa shape index (κ1) is 24.6. The summed E-state index contributed by atoms with van der Waals surface area (Å²) in [6.07, 6.45) is -4.77. The zero-order valence-corrected chi connectivity index (χ0v) is 19.2. The monoisotopic (exact) mass is 496 g/mol. The van der Waals surface area contributed by atoms with E-state index in [1.54, 1.807) is 44.2 Å². The van der Waals surface area contributed by atoms with Crippen LogP contribution in [0.5, 0.6) is 0 Å². The molecule has 3 rings (SSSR count). The van der Waals surface area contributed by atoms with Crippen LogP contribution in [0.3, 0.4) is 0 Å². The molecule has 1 N–H and O–H groups in total. The second kappa shape index (κ2) is 9.44. The van der Waals surface area contributed by atoms with E-state index in [1.807, 2.05) is 0 Å². The Kier molecular flexibility index (Phi) is 7.04. The van der Waals surface area contributed by atoms with Gasteiger partial charge in [-0.2, -0.15) is 13.2 Å². The number of hydrogen-bond acceptors (Lipinski definition) is 3. The van der Waals surface area contributed by atoms with Crippen LogP contribution in [0, 0.1) is 13.8 Å². The van der Waals surface area contributed by atoms with Gasteiger partial charge in [0.1, 0.15) is 6.54 Å². The maximum absolute atomic E-state index is 13.4. The van der Waals surface area contributed by atoms with E-state index >= 15 is 0 Å². The second-order valence-corrected chi connectivity index (χ2v) is 9.70. The van der Waals surface area contributed by atoms with Gasteiger partial charge in [-0.1, -0.05) is 41.4 Å². The molecule has 0 aliphatic heterocycles. The lowest BCUT2D eigenvalue weighted by Crippen LogP contribution is -2.38. The molecule has 0 fully saturated rings. The van der Waals surface area contributed by atoms with Crippen molar-refractivity contribution >= 4 is 38.9 Å². The zero-order valence-electron chi connectivity index (χ0n) is 17.7. The van der Waals surface area contributed by atoms with Crippen molar-refractivity contribution in [1.82, 2.24) is 0 Å². The molecular formula is C23H20ClF3N2O3S. The average Bonchev–Trinajstić information content (AvgIpc) is 2.73. The van der Waals surface area contributed by atoms with Gasteiger partial charge in [-0.05, 0) is 61.9 Å². The molecule has 0 saturated heterocycles. The zero-order chi connectivity index (χ0) is 24.4. The smallest absolute Gasteiger partial charge is 0.324 e. The molecule has 0 radical (unpaired) electrons. The Morgan fingerprint density at radius 3 is 2.24 bits per heavy atom. The fraction of sp³-hybridized carbons (Fsp3) is 0.174. The number of amides is 1. The Morgan fingerprint density at radius 2 is 1.64 bits per heavy atom. The van der Waals surface area contributed by atoms with E-state index in [0.717, 1.165) is 21.5 Å². The van der Waals surface area contributed by atoms with Gasteiger partial charge < -0.3 is 5.32 Å². The van der Waals surface area contributed by atoms with E-state index in [0.29, 0.717) is 6.07 Å². The van der Waals surface area contributed by atoms with E-state index < -0.39 is 39.9 Å². The minimum atomic E-state index is -4.77. The molecule has 33 heavy (non-hydrogen) atoms. The molecule has 0 spiro atoms. The highest BCUT2D eigenvalue weighted by Crippen LogP contribution is 2.36. The lowest BCUT2D eigenvalue weighted by atomic mass is 10.1. The molecule has 0 aliphatic rings. The SMILES string of the molecule is Cc1ccc(S(=O)(=O)N(CC(=O)Nc2ccc(Cl)cc2C(F)(F)F)c2cccc(C)c2)cc1. The van der Waals surface area contributed by atoms with Crippen molar-refractivity contribution in [2.24, 2.45) is 0 Å². The van der Waals surface area contributed by atoms with Crippen LogP contribution in [0.15, 0.2) is 71.6 Å². The van der Waals surface area contributed by atoms with Gasteiger partial charge in [-0.15, -0.1) is 0 Å². The Morgan fingerprint density at radius 1 is 0.970 bits per heavy atom. The number of nitrogens with zero attached hydrogens (tertiary/aromatic N) is 1. The maximum atomic E-state index is 13.4. The Hall–Kier alpha value is -3.04. The van der Waals surface area contributed by atoms with Gasteiger partial charge in [0.2, 0.25) is 5.91 Å². The molecule has 3 aromatic rings. The molecule has 5 nitrogen and oxygen atoms in total. The summed E-state index contributed by atoms with van der Waals surface area (Å²) in [6.45, 7) is 2.82.